The summed E-state index contributed by atoms with van der Waals surface area (Å²) in [4.78, 5) is 28.5. The molecule has 3 rings (SSSR count). The van der Waals surface area contributed by atoms with Crippen molar-refractivity contribution in [2.75, 3.05) is 5.32 Å². The van der Waals surface area contributed by atoms with Gasteiger partial charge >= 0.3 is 0 Å². The maximum atomic E-state index is 12.4. The van der Waals surface area contributed by atoms with E-state index in [1.807, 2.05) is 30.3 Å². The van der Waals surface area contributed by atoms with Gasteiger partial charge in [-0.1, -0.05) is 18.2 Å². The highest BCUT2D eigenvalue weighted by atomic mass is 16.1. The molecule has 0 radical (unpaired) electrons. The van der Waals surface area contributed by atoms with E-state index in [9.17, 15) is 9.59 Å². The zero-order valence-electron chi connectivity index (χ0n) is 10.9. The van der Waals surface area contributed by atoms with Crippen LogP contribution in [-0.2, 0) is 0 Å². The van der Waals surface area contributed by atoms with Gasteiger partial charge in [-0.15, -0.1) is 0 Å². The van der Waals surface area contributed by atoms with Crippen molar-refractivity contribution in [1.29, 1.82) is 0 Å². The number of para-hydroxylation sites is 1. The molecule has 1 aromatic heterocycles. The quantitative estimate of drug-likeness (QED) is 0.906. The van der Waals surface area contributed by atoms with Gasteiger partial charge in [0.25, 0.3) is 0 Å². The molecule has 1 N–H and O–H groups in total. The average molecular weight is 264 g/mol. The molecule has 0 saturated heterocycles. The normalized spacial score (nSPS) is 13.8. The standard InChI is InChI=1S/C16H12N2O2/c1-10-7-12-13(9-17-10)16(20)14(8-15(12)19)18-11-5-3-2-4-6-11/h2-9,18H,1H3. The summed E-state index contributed by atoms with van der Waals surface area (Å²) in [5.74, 6) is -0.389. The second kappa shape index (κ2) is 4.74. The molecule has 1 aliphatic carbocycles. The largest absolute Gasteiger partial charge is 0.352 e. The van der Waals surface area contributed by atoms with Crippen LogP contribution in [0.1, 0.15) is 26.4 Å². The second-order valence-corrected chi connectivity index (χ2v) is 4.61. The van der Waals surface area contributed by atoms with Gasteiger partial charge in [0.1, 0.15) is 0 Å². The molecular formula is C16H12N2O2. The zero-order valence-corrected chi connectivity index (χ0v) is 10.9. The lowest BCUT2D eigenvalue weighted by atomic mass is 9.93. The summed E-state index contributed by atoms with van der Waals surface area (Å²) in [6, 6.07) is 10.9. The Hall–Kier alpha value is -2.75. The molecule has 20 heavy (non-hydrogen) atoms. The molecule has 1 aliphatic rings. The molecule has 0 saturated carbocycles. The van der Waals surface area contributed by atoms with E-state index in [2.05, 4.69) is 10.3 Å². The lowest BCUT2D eigenvalue weighted by Crippen LogP contribution is -2.22. The second-order valence-electron chi connectivity index (χ2n) is 4.61. The molecule has 1 aromatic carbocycles. The number of aryl methyl sites for hydroxylation is 1. The van der Waals surface area contributed by atoms with Crippen molar-refractivity contribution in [3.8, 4) is 0 Å². The summed E-state index contributed by atoms with van der Waals surface area (Å²) in [6.45, 7) is 1.79. The van der Waals surface area contributed by atoms with Gasteiger partial charge < -0.3 is 5.32 Å². The highest BCUT2D eigenvalue weighted by molar-refractivity contribution is 6.25. The SMILES string of the molecule is Cc1cc2c(cn1)C(=O)C(Nc1ccccc1)=CC2=O. The molecular weight excluding hydrogens is 252 g/mol. The number of hydrogen-bond donors (Lipinski definition) is 1. The number of carbonyl (C=O) groups is 2. The van der Waals surface area contributed by atoms with E-state index in [4.69, 9.17) is 0 Å². The Kier molecular flexibility index (Phi) is 2.91. The Labute approximate surface area is 116 Å². The van der Waals surface area contributed by atoms with Crippen LogP contribution >= 0.6 is 0 Å². The summed E-state index contributed by atoms with van der Waals surface area (Å²) in [7, 11) is 0. The van der Waals surface area contributed by atoms with Crippen LogP contribution in [0.5, 0.6) is 0 Å². The number of nitrogens with zero attached hydrogens (tertiary/aromatic N) is 1. The van der Waals surface area contributed by atoms with Gasteiger partial charge in [-0.3, -0.25) is 14.6 Å². The molecule has 0 amide bonds. The van der Waals surface area contributed by atoms with E-state index in [0.29, 0.717) is 11.1 Å². The number of pyridine rings is 1. The van der Waals surface area contributed by atoms with Crippen molar-refractivity contribution in [2.24, 2.45) is 0 Å². The first-order valence-electron chi connectivity index (χ1n) is 6.24. The van der Waals surface area contributed by atoms with E-state index in [1.165, 1.54) is 12.3 Å². The van der Waals surface area contributed by atoms with Crippen LogP contribution in [0, 0.1) is 6.92 Å². The molecule has 0 unspecified atom stereocenters. The van der Waals surface area contributed by atoms with Gasteiger partial charge in [0, 0.05) is 29.2 Å². The summed E-state index contributed by atoms with van der Waals surface area (Å²) < 4.78 is 0. The Balaban J connectivity index is 1.98. The van der Waals surface area contributed by atoms with Crippen molar-refractivity contribution in [1.82, 2.24) is 4.98 Å². The maximum absolute atomic E-state index is 12.4. The highest BCUT2D eigenvalue weighted by Gasteiger charge is 2.26. The Morgan fingerprint density at radius 1 is 1.05 bits per heavy atom. The van der Waals surface area contributed by atoms with Crippen molar-refractivity contribution < 1.29 is 9.59 Å². The number of ketones is 2. The summed E-state index contributed by atoms with van der Waals surface area (Å²) in [5, 5.41) is 2.98. The number of fused-ring (bicyclic) bond motifs is 1. The number of Topliss-reactive ketones (excluding diaryl/α,β-unsaturated/α-hetero) is 1. The number of carbonyl (C=O) groups excluding carboxylic acids is 2. The molecule has 4 heteroatoms. The Morgan fingerprint density at radius 3 is 2.55 bits per heavy atom. The van der Waals surface area contributed by atoms with Crippen molar-refractivity contribution in [3.63, 3.8) is 0 Å². The summed E-state index contributed by atoms with van der Waals surface area (Å²) in [6.07, 6.45) is 2.81. The molecule has 1 heterocycles. The third kappa shape index (κ3) is 2.12. The first-order valence-corrected chi connectivity index (χ1v) is 6.24. The van der Waals surface area contributed by atoms with Crippen LogP contribution in [0.2, 0.25) is 0 Å². The van der Waals surface area contributed by atoms with E-state index in [-0.39, 0.29) is 17.3 Å². The number of anilines is 1. The fourth-order valence-corrected chi connectivity index (χ4v) is 2.13. The first kappa shape index (κ1) is 12.3. The molecule has 0 spiro atoms. The van der Waals surface area contributed by atoms with Gasteiger partial charge in [0.2, 0.25) is 5.78 Å². The summed E-state index contributed by atoms with van der Waals surface area (Å²) in [5.41, 5.74) is 2.53. The number of aromatic nitrogens is 1. The van der Waals surface area contributed by atoms with Crippen LogP contribution in [0.3, 0.4) is 0 Å². The summed E-state index contributed by atoms with van der Waals surface area (Å²) >= 11 is 0. The monoisotopic (exact) mass is 264 g/mol. The number of nitrogens with one attached hydrogen (secondary N) is 1. The van der Waals surface area contributed by atoms with E-state index in [1.54, 1.807) is 13.0 Å². The van der Waals surface area contributed by atoms with Gasteiger partial charge in [0.05, 0.1) is 11.3 Å². The number of allylic oxidation sites excluding steroid dienone is 2. The fourth-order valence-electron chi connectivity index (χ4n) is 2.13. The third-order valence-electron chi connectivity index (χ3n) is 3.12. The minimum Gasteiger partial charge on any atom is -0.352 e. The average Bonchev–Trinajstić information content (AvgIpc) is 2.45. The number of benzene rings is 1. The van der Waals surface area contributed by atoms with Gasteiger partial charge in [0.15, 0.2) is 5.78 Å². The molecule has 0 aliphatic heterocycles. The van der Waals surface area contributed by atoms with Crippen molar-refractivity contribution in [3.05, 3.63) is 71.2 Å². The zero-order chi connectivity index (χ0) is 14.1. The minimum atomic E-state index is -0.212. The molecule has 0 fully saturated rings. The molecule has 98 valence electrons. The number of rotatable bonds is 2. The van der Waals surface area contributed by atoms with Crippen molar-refractivity contribution >= 4 is 17.3 Å². The van der Waals surface area contributed by atoms with Gasteiger partial charge in [-0.2, -0.15) is 0 Å². The predicted molar refractivity (Wildman–Crippen MR) is 75.8 cm³/mol. The Morgan fingerprint density at radius 2 is 1.80 bits per heavy atom. The molecule has 2 aromatic rings. The topological polar surface area (TPSA) is 59.1 Å². The highest BCUT2D eigenvalue weighted by Crippen LogP contribution is 2.22. The maximum Gasteiger partial charge on any atom is 0.211 e. The van der Waals surface area contributed by atoms with Crippen LogP contribution in [0.25, 0.3) is 0 Å². The minimum absolute atomic E-state index is 0.177. The first-order chi connectivity index (χ1) is 9.65. The van der Waals surface area contributed by atoms with E-state index in [0.717, 1.165) is 11.4 Å². The lowest BCUT2D eigenvalue weighted by Gasteiger charge is -2.16. The third-order valence-corrected chi connectivity index (χ3v) is 3.12. The van der Waals surface area contributed by atoms with Crippen LogP contribution in [0.4, 0.5) is 5.69 Å². The van der Waals surface area contributed by atoms with E-state index >= 15 is 0 Å². The smallest absolute Gasteiger partial charge is 0.211 e. The van der Waals surface area contributed by atoms with Gasteiger partial charge in [-0.25, -0.2) is 0 Å². The molecule has 0 bridgehead atoms. The number of hydrogen-bond acceptors (Lipinski definition) is 4. The van der Waals surface area contributed by atoms with Crippen LogP contribution in [-0.4, -0.2) is 16.6 Å². The fraction of sp³-hybridized carbons (Fsp3) is 0.0625. The molecule has 4 nitrogen and oxygen atoms in total. The van der Waals surface area contributed by atoms with Gasteiger partial charge in [-0.05, 0) is 25.1 Å². The molecule has 0 atom stereocenters. The Bertz CT molecular complexity index is 733. The predicted octanol–water partition coefficient (Wildman–Crippen LogP) is 2.77. The van der Waals surface area contributed by atoms with Crippen LogP contribution < -0.4 is 5.32 Å². The van der Waals surface area contributed by atoms with E-state index < -0.39 is 0 Å². The van der Waals surface area contributed by atoms with Crippen molar-refractivity contribution in [2.45, 2.75) is 6.92 Å². The lowest BCUT2D eigenvalue weighted by molar-refractivity contribution is 0.0985. The van der Waals surface area contributed by atoms with Crippen LogP contribution in [0.15, 0.2) is 54.4 Å².